The number of nitrogens with two attached hydrogens (primary N) is 1. The summed E-state index contributed by atoms with van der Waals surface area (Å²) in [5.41, 5.74) is 5.84. The Balaban J connectivity index is 1.97. The second-order valence-corrected chi connectivity index (χ2v) is 7.12. The number of carboxylic acid groups (broad SMARTS) is 1. The van der Waals surface area contributed by atoms with Crippen molar-refractivity contribution in [1.29, 1.82) is 0 Å². The molecule has 1 aliphatic carbocycles. The summed E-state index contributed by atoms with van der Waals surface area (Å²) in [6.07, 6.45) is 2.21. The normalized spacial score (nSPS) is 20.0. The first-order valence-electron chi connectivity index (χ1n) is 8.35. The first-order chi connectivity index (χ1) is 12.4. The molecule has 2 fully saturated rings. The van der Waals surface area contributed by atoms with Gasteiger partial charge in [0.1, 0.15) is 5.82 Å². The summed E-state index contributed by atoms with van der Waals surface area (Å²) in [5.74, 6) is -0.994. The van der Waals surface area contributed by atoms with Crippen LogP contribution >= 0.6 is 11.6 Å². The van der Waals surface area contributed by atoms with Crippen LogP contribution in [0.1, 0.15) is 25.3 Å². The first kappa shape index (κ1) is 17.1. The summed E-state index contributed by atoms with van der Waals surface area (Å²) in [6.45, 7) is 1.06. The molecule has 2 heterocycles. The fraction of sp³-hybridized carbons (Fsp3) is 0.412. The van der Waals surface area contributed by atoms with Gasteiger partial charge in [-0.2, -0.15) is 0 Å². The zero-order valence-electron chi connectivity index (χ0n) is 13.7. The van der Waals surface area contributed by atoms with Crippen LogP contribution in [0.4, 0.5) is 14.9 Å². The lowest BCUT2D eigenvalue weighted by Crippen LogP contribution is -2.27. The number of hydrogen-bond acceptors (Lipinski definition) is 5. The molecule has 1 aromatic heterocycles. The molecule has 0 amide bonds. The van der Waals surface area contributed by atoms with Crippen LogP contribution in [0.3, 0.4) is 0 Å². The van der Waals surface area contributed by atoms with Gasteiger partial charge in [0, 0.05) is 25.2 Å². The molecule has 26 heavy (non-hydrogen) atoms. The largest absolute Gasteiger partial charge is 0.511 e. The van der Waals surface area contributed by atoms with E-state index in [2.05, 4.69) is 4.74 Å². The highest BCUT2D eigenvalue weighted by molar-refractivity contribution is 6.38. The van der Waals surface area contributed by atoms with Crippen molar-refractivity contribution in [2.75, 3.05) is 18.0 Å². The summed E-state index contributed by atoms with van der Waals surface area (Å²) in [7, 11) is 0. The number of fused-ring (bicyclic) bond motifs is 1. The van der Waals surface area contributed by atoms with Gasteiger partial charge < -0.3 is 25.0 Å². The molecule has 1 aliphatic heterocycles. The Morgan fingerprint density at radius 3 is 2.69 bits per heavy atom. The second kappa shape index (κ2) is 6.14. The van der Waals surface area contributed by atoms with E-state index in [9.17, 15) is 14.0 Å². The number of carbonyl (C=O) groups is 1. The average Bonchev–Trinajstić information content (AvgIpc) is 3.32. The minimum Gasteiger partial charge on any atom is -0.449 e. The number of anilines is 1. The van der Waals surface area contributed by atoms with Crippen LogP contribution in [0.25, 0.3) is 10.9 Å². The van der Waals surface area contributed by atoms with E-state index in [0.29, 0.717) is 18.6 Å². The monoisotopic (exact) mass is 381 g/mol. The topological polar surface area (TPSA) is 97.8 Å². The smallest absolute Gasteiger partial charge is 0.449 e. The lowest BCUT2D eigenvalue weighted by atomic mass is 10.1. The average molecular weight is 382 g/mol. The molecule has 0 radical (unpaired) electrons. The number of benzene rings is 1. The van der Waals surface area contributed by atoms with Gasteiger partial charge in [0.2, 0.25) is 5.43 Å². The SMILES string of the molecule is NC1CCN(c2c(F)cc3c(=O)c(OC(=O)O)cn(C4CC4)c3c2Cl)C1. The fourth-order valence-corrected chi connectivity index (χ4v) is 3.90. The first-order valence-corrected chi connectivity index (χ1v) is 8.72. The maximum atomic E-state index is 14.8. The Bertz CT molecular complexity index is 973. The number of nitrogens with zero attached hydrogens (tertiary/aromatic N) is 2. The van der Waals surface area contributed by atoms with Crippen molar-refractivity contribution in [2.45, 2.75) is 31.3 Å². The summed E-state index contributed by atoms with van der Waals surface area (Å²) < 4.78 is 21.1. The molecular weight excluding hydrogens is 365 g/mol. The predicted molar refractivity (Wildman–Crippen MR) is 94.9 cm³/mol. The predicted octanol–water partition coefficient (Wildman–Crippen LogP) is 2.72. The van der Waals surface area contributed by atoms with Gasteiger partial charge in [-0.25, -0.2) is 9.18 Å². The van der Waals surface area contributed by atoms with Crippen molar-refractivity contribution in [3.05, 3.63) is 33.3 Å². The van der Waals surface area contributed by atoms with Gasteiger partial charge in [-0.05, 0) is 25.3 Å². The van der Waals surface area contributed by atoms with Gasteiger partial charge in [0.15, 0.2) is 5.75 Å². The number of pyridine rings is 1. The van der Waals surface area contributed by atoms with Crippen LogP contribution < -0.4 is 20.8 Å². The molecule has 2 aromatic rings. The third-order valence-electron chi connectivity index (χ3n) is 4.83. The number of halogens is 2. The van der Waals surface area contributed by atoms with Gasteiger partial charge >= 0.3 is 6.16 Å². The summed E-state index contributed by atoms with van der Waals surface area (Å²) in [5, 5.41) is 8.99. The van der Waals surface area contributed by atoms with Crippen LogP contribution in [0, 0.1) is 5.82 Å². The summed E-state index contributed by atoms with van der Waals surface area (Å²) in [4.78, 5) is 25.2. The Hall–Kier alpha value is -2.32. The number of rotatable bonds is 3. The number of aromatic nitrogens is 1. The Morgan fingerprint density at radius 2 is 2.12 bits per heavy atom. The third kappa shape index (κ3) is 2.79. The van der Waals surface area contributed by atoms with Gasteiger partial charge in [-0.3, -0.25) is 4.79 Å². The maximum absolute atomic E-state index is 14.8. The van der Waals surface area contributed by atoms with Crippen molar-refractivity contribution in [2.24, 2.45) is 5.73 Å². The van der Waals surface area contributed by atoms with Crippen LogP contribution in [0.2, 0.25) is 5.02 Å². The van der Waals surface area contributed by atoms with Crippen LogP contribution in [-0.2, 0) is 0 Å². The minimum absolute atomic E-state index is 0.00500. The van der Waals surface area contributed by atoms with Crippen molar-refractivity contribution in [1.82, 2.24) is 4.57 Å². The summed E-state index contributed by atoms with van der Waals surface area (Å²) in [6, 6.07) is 1.13. The Kier molecular flexibility index (Phi) is 4.04. The zero-order valence-corrected chi connectivity index (χ0v) is 14.5. The molecule has 1 unspecified atom stereocenters. The van der Waals surface area contributed by atoms with Gasteiger partial charge in [0.25, 0.3) is 0 Å². The highest BCUT2D eigenvalue weighted by Gasteiger charge is 2.31. The molecule has 2 aliphatic rings. The molecule has 1 aromatic carbocycles. The lowest BCUT2D eigenvalue weighted by molar-refractivity contribution is 0.143. The standard InChI is InChI=1S/C17H17ClFN3O4/c18-13-14-10(5-11(19)15(13)21-4-3-8(20)6-21)16(23)12(26-17(24)25)7-22(14)9-1-2-9/h5,7-9H,1-4,6,20H2,(H,24,25). The molecule has 0 bridgehead atoms. The Labute approximate surface area is 152 Å². The van der Waals surface area contributed by atoms with Gasteiger partial charge in [0.05, 0.1) is 27.8 Å². The third-order valence-corrected chi connectivity index (χ3v) is 5.19. The quantitative estimate of drug-likeness (QED) is 0.793. The minimum atomic E-state index is -1.60. The molecule has 9 heteroatoms. The molecule has 4 rings (SSSR count). The molecule has 1 saturated carbocycles. The molecule has 1 atom stereocenters. The highest BCUT2D eigenvalue weighted by Crippen LogP contribution is 2.43. The van der Waals surface area contributed by atoms with E-state index in [1.54, 1.807) is 9.47 Å². The van der Waals surface area contributed by atoms with E-state index < -0.39 is 17.4 Å². The molecule has 0 spiro atoms. The van der Waals surface area contributed by atoms with E-state index in [0.717, 1.165) is 25.3 Å². The fourth-order valence-electron chi connectivity index (χ4n) is 3.49. The van der Waals surface area contributed by atoms with Gasteiger partial charge in [-0.15, -0.1) is 0 Å². The second-order valence-electron chi connectivity index (χ2n) is 6.74. The van der Waals surface area contributed by atoms with Crippen molar-refractivity contribution >= 4 is 34.3 Å². The maximum Gasteiger partial charge on any atom is 0.511 e. The highest BCUT2D eigenvalue weighted by atomic mass is 35.5. The lowest BCUT2D eigenvalue weighted by Gasteiger charge is -2.23. The van der Waals surface area contributed by atoms with E-state index in [4.69, 9.17) is 22.4 Å². The molecule has 3 N–H and O–H groups in total. The zero-order chi connectivity index (χ0) is 18.6. The van der Waals surface area contributed by atoms with E-state index in [1.807, 2.05) is 0 Å². The Morgan fingerprint density at radius 1 is 1.38 bits per heavy atom. The van der Waals surface area contributed by atoms with E-state index in [-0.39, 0.29) is 33.9 Å². The molecule has 138 valence electrons. The van der Waals surface area contributed by atoms with Crippen molar-refractivity contribution in [3.8, 4) is 5.75 Å². The van der Waals surface area contributed by atoms with Crippen molar-refractivity contribution in [3.63, 3.8) is 0 Å². The van der Waals surface area contributed by atoms with Crippen molar-refractivity contribution < 1.29 is 19.0 Å². The molecule has 7 nitrogen and oxygen atoms in total. The molecule has 1 saturated heterocycles. The van der Waals surface area contributed by atoms with Gasteiger partial charge in [-0.1, -0.05) is 11.6 Å². The molecular formula is C17H17ClFN3O4. The van der Waals surface area contributed by atoms with Crippen LogP contribution in [-0.4, -0.2) is 35.0 Å². The number of ether oxygens (including phenoxy) is 1. The summed E-state index contributed by atoms with van der Waals surface area (Å²) >= 11 is 6.54. The van der Waals surface area contributed by atoms with Crippen LogP contribution in [0.15, 0.2) is 17.1 Å². The van der Waals surface area contributed by atoms with E-state index in [1.165, 1.54) is 6.20 Å². The number of hydrogen-bond donors (Lipinski definition) is 2. The van der Waals surface area contributed by atoms with E-state index >= 15 is 0 Å². The van der Waals surface area contributed by atoms with Crippen LogP contribution in [0.5, 0.6) is 5.75 Å².